The Labute approximate surface area is 197 Å². The predicted molar refractivity (Wildman–Crippen MR) is 123 cm³/mol. The highest BCUT2D eigenvalue weighted by atomic mass is 16.5. The summed E-state index contributed by atoms with van der Waals surface area (Å²) in [7, 11) is 0. The van der Waals surface area contributed by atoms with Gasteiger partial charge in [-0.2, -0.15) is 0 Å². The van der Waals surface area contributed by atoms with Gasteiger partial charge in [0.15, 0.2) is 12.2 Å². The third-order valence-electron chi connectivity index (χ3n) is 5.01. The highest BCUT2D eigenvalue weighted by molar-refractivity contribution is 5.82. The van der Waals surface area contributed by atoms with Gasteiger partial charge in [-0.1, -0.05) is 60.7 Å². The highest BCUT2D eigenvalue weighted by Gasteiger charge is 2.27. The number of carbonyl (C=O) groups is 3. The number of esters is 1. The second kappa shape index (κ2) is 14.1. The molecule has 0 aliphatic heterocycles. The van der Waals surface area contributed by atoms with E-state index in [0.717, 1.165) is 11.1 Å². The van der Waals surface area contributed by atoms with Crippen molar-refractivity contribution in [2.24, 2.45) is 5.73 Å². The van der Waals surface area contributed by atoms with Gasteiger partial charge in [-0.05, 0) is 17.5 Å². The average molecular weight is 474 g/mol. The lowest BCUT2D eigenvalue weighted by atomic mass is 10.0. The number of nitrogens with one attached hydrogen (secondary N) is 2. The van der Waals surface area contributed by atoms with Crippen LogP contribution < -0.4 is 16.4 Å². The topological polar surface area (TPSA) is 171 Å². The van der Waals surface area contributed by atoms with Crippen molar-refractivity contribution < 1.29 is 34.4 Å². The maximum absolute atomic E-state index is 12.4. The van der Waals surface area contributed by atoms with E-state index < -0.39 is 48.7 Å². The Morgan fingerprint density at radius 3 is 2.00 bits per heavy atom. The zero-order valence-corrected chi connectivity index (χ0v) is 18.7. The fourth-order valence-corrected chi connectivity index (χ4v) is 3.23. The molecule has 3 atom stereocenters. The molecule has 0 radical (unpaired) electrons. The van der Waals surface area contributed by atoms with Gasteiger partial charge in [0.2, 0.25) is 5.91 Å². The Balaban J connectivity index is 1.85. The quantitative estimate of drug-likeness (QED) is 0.209. The third kappa shape index (κ3) is 8.56. The van der Waals surface area contributed by atoms with Crippen LogP contribution in [0.5, 0.6) is 0 Å². The van der Waals surface area contributed by atoms with Crippen LogP contribution in [0.4, 0.5) is 0 Å². The molecule has 0 bridgehead atoms. The van der Waals surface area contributed by atoms with E-state index in [1.807, 2.05) is 60.7 Å². The number of carbonyl (C=O) groups excluding carboxylic acids is 3. The number of amides is 2. The van der Waals surface area contributed by atoms with Crippen molar-refractivity contribution in [3.05, 3.63) is 71.8 Å². The summed E-state index contributed by atoms with van der Waals surface area (Å²) in [6.45, 7) is -0.931. The summed E-state index contributed by atoms with van der Waals surface area (Å²) in [5.74, 6) is -2.00. The van der Waals surface area contributed by atoms with Crippen LogP contribution in [0.3, 0.4) is 0 Å². The van der Waals surface area contributed by atoms with Crippen LogP contribution >= 0.6 is 0 Å². The first-order valence-corrected chi connectivity index (χ1v) is 10.9. The first kappa shape index (κ1) is 26.9. The van der Waals surface area contributed by atoms with Crippen LogP contribution in [0.15, 0.2) is 60.7 Å². The summed E-state index contributed by atoms with van der Waals surface area (Å²) in [4.78, 5) is 35.9. The Bertz CT molecular complexity index is 872. The number of aliphatic hydroxyl groups excluding tert-OH is 3. The fraction of sp³-hybridized carbons (Fsp3) is 0.375. The molecule has 10 heteroatoms. The SMILES string of the molecule is NCC(=O)N[C@@H](CO)C[C@@H](O)C(O)C(=O)NCCC(=O)OC(c1ccccc1)c1ccccc1. The summed E-state index contributed by atoms with van der Waals surface area (Å²) >= 11 is 0. The van der Waals surface area contributed by atoms with E-state index >= 15 is 0 Å². The molecule has 10 nitrogen and oxygen atoms in total. The van der Waals surface area contributed by atoms with Gasteiger partial charge in [0, 0.05) is 6.54 Å². The smallest absolute Gasteiger partial charge is 0.308 e. The minimum Gasteiger partial charge on any atom is -0.452 e. The van der Waals surface area contributed by atoms with E-state index in [2.05, 4.69) is 10.6 Å². The normalized spacial score (nSPS) is 13.6. The molecular weight excluding hydrogens is 442 g/mol. The first-order chi connectivity index (χ1) is 16.3. The van der Waals surface area contributed by atoms with E-state index in [1.54, 1.807) is 0 Å². The van der Waals surface area contributed by atoms with Crippen molar-refractivity contribution in [2.45, 2.75) is 37.2 Å². The third-order valence-corrected chi connectivity index (χ3v) is 5.01. The van der Waals surface area contributed by atoms with E-state index in [9.17, 15) is 29.7 Å². The van der Waals surface area contributed by atoms with Gasteiger partial charge in [-0.15, -0.1) is 0 Å². The van der Waals surface area contributed by atoms with Crippen molar-refractivity contribution in [3.63, 3.8) is 0 Å². The fourth-order valence-electron chi connectivity index (χ4n) is 3.23. The van der Waals surface area contributed by atoms with Crippen molar-refractivity contribution in [1.29, 1.82) is 0 Å². The predicted octanol–water partition coefficient (Wildman–Crippen LogP) is -0.627. The molecule has 1 unspecified atom stereocenters. The number of benzene rings is 2. The van der Waals surface area contributed by atoms with Crippen LogP contribution in [0.2, 0.25) is 0 Å². The van der Waals surface area contributed by atoms with Crippen LogP contribution in [0, 0.1) is 0 Å². The Kier molecular flexibility index (Phi) is 11.1. The maximum atomic E-state index is 12.4. The van der Waals surface area contributed by atoms with Gasteiger partial charge in [-0.3, -0.25) is 14.4 Å². The zero-order valence-electron chi connectivity index (χ0n) is 18.7. The van der Waals surface area contributed by atoms with Crippen molar-refractivity contribution in [3.8, 4) is 0 Å². The molecule has 2 aromatic rings. The molecular formula is C24H31N3O7. The van der Waals surface area contributed by atoms with Gasteiger partial charge in [-0.25, -0.2) is 0 Å². The number of nitrogens with two attached hydrogens (primary N) is 1. The van der Waals surface area contributed by atoms with E-state index in [4.69, 9.17) is 10.5 Å². The van der Waals surface area contributed by atoms with Gasteiger partial charge in [0.25, 0.3) is 5.91 Å². The van der Waals surface area contributed by atoms with Gasteiger partial charge < -0.3 is 36.4 Å². The number of ether oxygens (including phenoxy) is 1. The van der Waals surface area contributed by atoms with Crippen LogP contribution in [0.1, 0.15) is 30.1 Å². The molecule has 0 aromatic heterocycles. The molecule has 2 rings (SSSR count). The molecule has 0 spiro atoms. The standard InChI is InChI=1S/C24H31N3O7/c25-14-20(30)27-18(15-28)13-19(29)22(32)24(33)26-12-11-21(31)34-23(16-7-3-1-4-8-16)17-9-5-2-6-10-17/h1-10,18-19,22-23,28-29,32H,11-15,25H2,(H,26,33)(H,27,30)/t18-,19-,22?/m1/s1. The number of aliphatic hydroxyl groups is 3. The second-order valence-corrected chi connectivity index (χ2v) is 7.63. The average Bonchev–Trinajstić information content (AvgIpc) is 2.87. The first-order valence-electron chi connectivity index (χ1n) is 10.9. The molecule has 2 aromatic carbocycles. The molecule has 0 saturated heterocycles. The minimum absolute atomic E-state index is 0.120. The largest absolute Gasteiger partial charge is 0.452 e. The summed E-state index contributed by atoms with van der Waals surface area (Å²) in [6, 6.07) is 17.6. The lowest BCUT2D eigenvalue weighted by Crippen LogP contribution is -2.48. The molecule has 0 fully saturated rings. The monoisotopic (exact) mass is 473 g/mol. The molecule has 2 amide bonds. The van der Waals surface area contributed by atoms with E-state index in [-0.39, 0.29) is 25.9 Å². The molecule has 34 heavy (non-hydrogen) atoms. The van der Waals surface area contributed by atoms with E-state index in [0.29, 0.717) is 0 Å². The Hall–Kier alpha value is -3.31. The van der Waals surface area contributed by atoms with Crippen LogP contribution in [-0.2, 0) is 19.1 Å². The second-order valence-electron chi connectivity index (χ2n) is 7.63. The van der Waals surface area contributed by atoms with Gasteiger partial charge in [0.05, 0.1) is 31.7 Å². The number of hydrogen-bond acceptors (Lipinski definition) is 8. The van der Waals surface area contributed by atoms with Crippen LogP contribution in [-0.4, -0.2) is 71.0 Å². The molecule has 7 N–H and O–H groups in total. The zero-order chi connectivity index (χ0) is 24.9. The molecule has 0 aliphatic carbocycles. The number of hydrogen-bond donors (Lipinski definition) is 6. The van der Waals surface area contributed by atoms with Crippen LogP contribution in [0.25, 0.3) is 0 Å². The van der Waals surface area contributed by atoms with Gasteiger partial charge in [0.1, 0.15) is 0 Å². The Morgan fingerprint density at radius 2 is 1.50 bits per heavy atom. The van der Waals surface area contributed by atoms with E-state index in [1.165, 1.54) is 0 Å². The summed E-state index contributed by atoms with van der Waals surface area (Å²) < 4.78 is 5.65. The summed E-state index contributed by atoms with van der Waals surface area (Å²) in [6.07, 6.45) is -4.41. The van der Waals surface area contributed by atoms with Crippen molar-refractivity contribution in [1.82, 2.24) is 10.6 Å². The molecule has 0 aliphatic rings. The molecule has 0 heterocycles. The lowest BCUT2D eigenvalue weighted by Gasteiger charge is -2.22. The van der Waals surface area contributed by atoms with Gasteiger partial charge >= 0.3 is 5.97 Å². The lowest BCUT2D eigenvalue weighted by molar-refractivity contribution is -0.147. The summed E-state index contributed by atoms with van der Waals surface area (Å²) in [5, 5.41) is 34.1. The molecule has 0 saturated carbocycles. The Morgan fingerprint density at radius 1 is 0.941 bits per heavy atom. The van der Waals surface area contributed by atoms with Crippen molar-refractivity contribution in [2.75, 3.05) is 19.7 Å². The highest BCUT2D eigenvalue weighted by Crippen LogP contribution is 2.26. The summed E-state index contributed by atoms with van der Waals surface area (Å²) in [5.41, 5.74) is 6.77. The molecule has 184 valence electrons. The maximum Gasteiger partial charge on any atom is 0.308 e. The van der Waals surface area contributed by atoms with Crippen molar-refractivity contribution >= 4 is 17.8 Å². The minimum atomic E-state index is -1.82. The number of rotatable bonds is 13.